The van der Waals surface area contributed by atoms with Crippen LogP contribution in [0.25, 0.3) is 11.4 Å². The summed E-state index contributed by atoms with van der Waals surface area (Å²) in [6.07, 6.45) is 2.98. The van der Waals surface area contributed by atoms with E-state index in [4.69, 9.17) is 21.2 Å². The summed E-state index contributed by atoms with van der Waals surface area (Å²) in [4.78, 5) is 25.6. The van der Waals surface area contributed by atoms with Crippen molar-refractivity contribution in [2.75, 3.05) is 19.0 Å². The monoisotopic (exact) mass is 402 g/mol. The van der Waals surface area contributed by atoms with Gasteiger partial charge in [0.2, 0.25) is 0 Å². The Bertz CT molecular complexity index is 991. The predicted molar refractivity (Wildman–Crippen MR) is 105 cm³/mol. The Labute approximate surface area is 166 Å². The lowest BCUT2D eigenvalue weighted by Gasteiger charge is -2.16. The molecule has 0 aliphatic carbocycles. The number of pyridine rings is 1. The average Bonchev–Trinajstić information content (AvgIpc) is 3.12. The molecule has 146 valence electrons. The van der Waals surface area contributed by atoms with E-state index >= 15 is 0 Å². The molecule has 0 aliphatic heterocycles. The second kappa shape index (κ2) is 8.68. The number of hydroxylamine groups is 1. The summed E-state index contributed by atoms with van der Waals surface area (Å²) in [5, 5.41) is 7.73. The van der Waals surface area contributed by atoms with Gasteiger partial charge in [-0.3, -0.25) is 14.3 Å². The third kappa shape index (κ3) is 4.21. The molecule has 0 spiro atoms. The number of aryl methyl sites for hydroxylation is 1. The average molecular weight is 403 g/mol. The van der Waals surface area contributed by atoms with Crippen LogP contribution >= 0.6 is 11.6 Å². The van der Waals surface area contributed by atoms with Crippen molar-refractivity contribution >= 4 is 28.9 Å². The lowest BCUT2D eigenvalue weighted by Crippen LogP contribution is -2.24. The summed E-state index contributed by atoms with van der Waals surface area (Å²) < 4.78 is 7.19. The van der Waals surface area contributed by atoms with Gasteiger partial charge in [-0.05, 0) is 25.1 Å². The second-order valence-corrected chi connectivity index (χ2v) is 6.06. The third-order valence-corrected chi connectivity index (χ3v) is 3.96. The number of amides is 1. The Morgan fingerprint density at radius 3 is 2.79 bits per heavy atom. The van der Waals surface area contributed by atoms with E-state index < -0.39 is 5.91 Å². The topological polar surface area (TPSA) is 103 Å². The van der Waals surface area contributed by atoms with Gasteiger partial charge in [-0.15, -0.1) is 0 Å². The first-order valence-corrected chi connectivity index (χ1v) is 8.79. The van der Waals surface area contributed by atoms with Gasteiger partial charge in [-0.1, -0.05) is 17.7 Å². The molecule has 10 heteroatoms. The highest BCUT2D eigenvalue weighted by Crippen LogP contribution is 2.37. The molecule has 0 radical (unpaired) electrons. The fourth-order valence-corrected chi connectivity index (χ4v) is 2.70. The van der Waals surface area contributed by atoms with Gasteiger partial charge >= 0.3 is 0 Å². The molecule has 0 unspecified atom stereocenters. The minimum Gasteiger partial charge on any atom is -0.494 e. The highest BCUT2D eigenvalue weighted by molar-refractivity contribution is 6.29. The first-order chi connectivity index (χ1) is 13.5. The number of carbonyl (C=O) groups excluding carboxylic acids is 1. The number of hydrogen-bond donors (Lipinski definition) is 2. The Kier molecular flexibility index (Phi) is 6.07. The van der Waals surface area contributed by atoms with E-state index in [1.807, 2.05) is 18.2 Å². The number of rotatable bonds is 7. The van der Waals surface area contributed by atoms with E-state index in [2.05, 4.69) is 25.9 Å². The van der Waals surface area contributed by atoms with Crippen molar-refractivity contribution in [3.05, 3.63) is 47.5 Å². The lowest BCUT2D eigenvalue weighted by atomic mass is 10.1. The number of halogens is 1. The van der Waals surface area contributed by atoms with Crippen molar-refractivity contribution in [1.29, 1.82) is 0 Å². The highest BCUT2D eigenvalue weighted by Gasteiger charge is 2.18. The molecule has 0 bridgehead atoms. The van der Waals surface area contributed by atoms with Crippen LogP contribution in [0, 0.1) is 0 Å². The van der Waals surface area contributed by atoms with Crippen LogP contribution in [-0.4, -0.2) is 39.4 Å². The summed E-state index contributed by atoms with van der Waals surface area (Å²) in [5.41, 5.74) is 4.37. The number of methoxy groups -OCH3 is 1. The van der Waals surface area contributed by atoms with Gasteiger partial charge < -0.3 is 10.1 Å². The zero-order valence-corrected chi connectivity index (χ0v) is 16.3. The molecule has 3 rings (SSSR count). The molecule has 2 N–H and O–H groups in total. The van der Waals surface area contributed by atoms with E-state index in [1.165, 1.54) is 6.20 Å². The normalized spacial score (nSPS) is 10.6. The molecule has 2 aromatic heterocycles. The van der Waals surface area contributed by atoms with Crippen LogP contribution in [0.1, 0.15) is 17.3 Å². The molecule has 3 aromatic rings. The molecule has 0 atom stereocenters. The van der Waals surface area contributed by atoms with Crippen LogP contribution in [0.2, 0.25) is 5.15 Å². The molecular formula is C18H19ClN6O3. The predicted octanol–water partition coefficient (Wildman–Crippen LogP) is 2.96. The summed E-state index contributed by atoms with van der Waals surface area (Å²) in [6, 6.07) is 7.04. The first kappa shape index (κ1) is 19.6. The SMILES string of the molecule is CCONC(=O)c1cnc(Cl)cc1Nc1cccc(-c2ncn(C)n2)c1OC. The van der Waals surface area contributed by atoms with Crippen LogP contribution in [-0.2, 0) is 11.9 Å². The molecule has 28 heavy (non-hydrogen) atoms. The van der Waals surface area contributed by atoms with Crippen molar-refractivity contribution in [3.63, 3.8) is 0 Å². The Hall–Kier alpha value is -3.17. The number of nitrogens with one attached hydrogen (secondary N) is 2. The van der Waals surface area contributed by atoms with E-state index in [1.54, 1.807) is 38.2 Å². The number of benzene rings is 1. The van der Waals surface area contributed by atoms with Crippen molar-refractivity contribution in [2.24, 2.45) is 7.05 Å². The Morgan fingerprint density at radius 1 is 1.29 bits per heavy atom. The zero-order chi connectivity index (χ0) is 20.1. The van der Waals surface area contributed by atoms with Crippen LogP contribution < -0.4 is 15.5 Å². The smallest absolute Gasteiger partial charge is 0.278 e. The quantitative estimate of drug-likeness (QED) is 0.462. The van der Waals surface area contributed by atoms with Crippen molar-refractivity contribution < 1.29 is 14.4 Å². The van der Waals surface area contributed by atoms with Crippen LogP contribution in [0.4, 0.5) is 11.4 Å². The van der Waals surface area contributed by atoms with Crippen LogP contribution in [0.5, 0.6) is 5.75 Å². The third-order valence-electron chi connectivity index (χ3n) is 3.75. The molecule has 0 saturated carbocycles. The molecular weight excluding hydrogens is 384 g/mol. The van der Waals surface area contributed by atoms with Crippen molar-refractivity contribution in [2.45, 2.75) is 6.92 Å². The Balaban J connectivity index is 2.00. The number of nitrogens with zero attached hydrogens (tertiary/aromatic N) is 4. The highest BCUT2D eigenvalue weighted by atomic mass is 35.5. The number of carbonyl (C=O) groups is 1. The number of hydrogen-bond acceptors (Lipinski definition) is 7. The standard InChI is InChI=1S/C18H19ClN6O3/c1-4-28-24-18(26)12-9-20-15(19)8-14(12)22-13-7-5-6-11(16(13)27-3)17-21-10-25(2)23-17/h5-10H,4H2,1-3H3,(H,20,22)(H,24,26). The van der Waals surface area contributed by atoms with Gasteiger partial charge in [-0.2, -0.15) is 5.10 Å². The largest absolute Gasteiger partial charge is 0.494 e. The van der Waals surface area contributed by atoms with Gasteiger partial charge in [0.15, 0.2) is 11.6 Å². The van der Waals surface area contributed by atoms with E-state index in [-0.39, 0.29) is 10.7 Å². The van der Waals surface area contributed by atoms with Gasteiger partial charge in [0.25, 0.3) is 5.91 Å². The van der Waals surface area contributed by atoms with Crippen molar-refractivity contribution in [3.8, 4) is 17.1 Å². The summed E-state index contributed by atoms with van der Waals surface area (Å²) in [5.74, 6) is 0.595. The van der Waals surface area contributed by atoms with Gasteiger partial charge in [-0.25, -0.2) is 15.4 Å². The molecule has 1 amide bonds. The second-order valence-electron chi connectivity index (χ2n) is 5.67. The molecule has 0 saturated heterocycles. The maximum Gasteiger partial charge on any atom is 0.278 e. The molecule has 9 nitrogen and oxygen atoms in total. The summed E-state index contributed by atoms with van der Waals surface area (Å²) in [7, 11) is 3.34. The number of aromatic nitrogens is 4. The summed E-state index contributed by atoms with van der Waals surface area (Å²) >= 11 is 6.03. The van der Waals surface area contributed by atoms with Gasteiger partial charge in [0.05, 0.1) is 36.2 Å². The molecule has 1 aromatic carbocycles. The van der Waals surface area contributed by atoms with Crippen LogP contribution in [0.3, 0.4) is 0 Å². The van der Waals surface area contributed by atoms with Gasteiger partial charge in [0, 0.05) is 13.2 Å². The first-order valence-electron chi connectivity index (χ1n) is 8.41. The maximum absolute atomic E-state index is 12.4. The molecule has 2 heterocycles. The zero-order valence-electron chi connectivity index (χ0n) is 15.6. The number of para-hydroxylation sites is 1. The molecule has 0 fully saturated rings. The lowest BCUT2D eigenvalue weighted by molar-refractivity contribution is 0.0365. The van der Waals surface area contributed by atoms with E-state index in [0.29, 0.717) is 35.1 Å². The molecule has 0 aliphatic rings. The minimum absolute atomic E-state index is 0.233. The maximum atomic E-state index is 12.4. The fourth-order valence-electron chi connectivity index (χ4n) is 2.55. The Morgan fingerprint density at radius 2 is 2.11 bits per heavy atom. The number of ether oxygens (including phenoxy) is 1. The minimum atomic E-state index is -0.449. The number of anilines is 2. The van der Waals surface area contributed by atoms with Gasteiger partial charge in [0.1, 0.15) is 11.5 Å². The van der Waals surface area contributed by atoms with E-state index in [9.17, 15) is 4.79 Å². The van der Waals surface area contributed by atoms with Crippen molar-refractivity contribution in [1.82, 2.24) is 25.2 Å². The van der Waals surface area contributed by atoms with E-state index in [0.717, 1.165) is 0 Å². The van der Waals surface area contributed by atoms with Crippen LogP contribution in [0.15, 0.2) is 36.8 Å². The summed E-state index contributed by atoms with van der Waals surface area (Å²) in [6.45, 7) is 2.10. The fraction of sp³-hybridized carbons (Fsp3) is 0.222.